The lowest BCUT2D eigenvalue weighted by Crippen LogP contribution is -2.51. The molecule has 1 aliphatic heterocycles. The van der Waals surface area contributed by atoms with E-state index in [-0.39, 0.29) is 5.91 Å². The normalized spacial score (nSPS) is 24.5. The van der Waals surface area contributed by atoms with Crippen LogP contribution in [0.2, 0.25) is 0 Å². The van der Waals surface area contributed by atoms with E-state index in [4.69, 9.17) is 4.74 Å². The number of β-amino-alcohol motifs (C(OH)–C–C–N with tert-alkyl or cyclic N) is 1. The fourth-order valence-corrected chi connectivity index (χ4v) is 3.00. The summed E-state index contributed by atoms with van der Waals surface area (Å²) in [5.41, 5.74) is 0. The van der Waals surface area contributed by atoms with Gasteiger partial charge in [0.2, 0.25) is 5.91 Å². The van der Waals surface area contributed by atoms with E-state index < -0.39 is 6.10 Å². The largest absolute Gasteiger partial charge is 0.389 e. The van der Waals surface area contributed by atoms with Crippen molar-refractivity contribution < 1.29 is 14.6 Å². The summed E-state index contributed by atoms with van der Waals surface area (Å²) < 4.78 is 5.22. The SMILES string of the molecule is CCOCC(O)CN1CCN(C(=O)CC2C=CCC2)CC1. The lowest BCUT2D eigenvalue weighted by Gasteiger charge is -2.36. The molecule has 5 heteroatoms. The van der Waals surface area contributed by atoms with E-state index >= 15 is 0 Å². The zero-order valence-corrected chi connectivity index (χ0v) is 13.0. The highest BCUT2D eigenvalue weighted by atomic mass is 16.5. The molecule has 120 valence electrons. The second-order valence-corrected chi connectivity index (χ2v) is 5.96. The second-order valence-electron chi connectivity index (χ2n) is 5.96. The number of allylic oxidation sites excluding steroid dienone is 2. The average molecular weight is 296 g/mol. The molecule has 1 fully saturated rings. The maximum absolute atomic E-state index is 12.2. The lowest BCUT2D eigenvalue weighted by atomic mass is 10.0. The van der Waals surface area contributed by atoms with Gasteiger partial charge in [-0.1, -0.05) is 12.2 Å². The van der Waals surface area contributed by atoms with Crippen LogP contribution in [0.4, 0.5) is 0 Å². The van der Waals surface area contributed by atoms with E-state index in [1.165, 1.54) is 0 Å². The topological polar surface area (TPSA) is 53.0 Å². The van der Waals surface area contributed by atoms with Crippen molar-refractivity contribution in [3.8, 4) is 0 Å². The zero-order chi connectivity index (χ0) is 15.1. The first kappa shape index (κ1) is 16.5. The van der Waals surface area contributed by atoms with Crippen LogP contribution in [0.1, 0.15) is 26.2 Å². The summed E-state index contributed by atoms with van der Waals surface area (Å²) in [6.45, 7) is 6.82. The molecule has 1 heterocycles. The lowest BCUT2D eigenvalue weighted by molar-refractivity contribution is -0.133. The van der Waals surface area contributed by atoms with Gasteiger partial charge >= 0.3 is 0 Å². The van der Waals surface area contributed by atoms with E-state index in [2.05, 4.69) is 17.1 Å². The van der Waals surface area contributed by atoms with Gasteiger partial charge in [0.1, 0.15) is 0 Å². The quantitative estimate of drug-likeness (QED) is 0.709. The number of piperazine rings is 1. The van der Waals surface area contributed by atoms with Crippen LogP contribution < -0.4 is 0 Å². The first-order chi connectivity index (χ1) is 10.2. The smallest absolute Gasteiger partial charge is 0.223 e. The van der Waals surface area contributed by atoms with Crippen molar-refractivity contribution in [3.05, 3.63) is 12.2 Å². The average Bonchev–Trinajstić information content (AvgIpc) is 2.98. The van der Waals surface area contributed by atoms with Gasteiger partial charge < -0.3 is 14.7 Å². The standard InChI is InChI=1S/C16H28N2O3/c1-2-21-13-15(19)12-17-7-9-18(10-8-17)16(20)11-14-5-3-4-6-14/h3,5,14-15,19H,2,4,6-13H2,1H3. The van der Waals surface area contributed by atoms with Crippen molar-refractivity contribution in [2.24, 2.45) is 5.92 Å². The Labute approximate surface area is 127 Å². The third-order valence-electron chi connectivity index (χ3n) is 4.26. The van der Waals surface area contributed by atoms with Gasteiger partial charge in [0.05, 0.1) is 12.7 Å². The molecule has 1 aliphatic carbocycles. The molecule has 1 N–H and O–H groups in total. The van der Waals surface area contributed by atoms with E-state index in [9.17, 15) is 9.90 Å². The molecule has 0 saturated carbocycles. The van der Waals surface area contributed by atoms with Gasteiger partial charge in [-0.25, -0.2) is 0 Å². The van der Waals surface area contributed by atoms with Crippen LogP contribution in [0.15, 0.2) is 12.2 Å². The van der Waals surface area contributed by atoms with Gasteiger partial charge in [-0.05, 0) is 25.7 Å². The molecule has 0 aromatic rings. The molecule has 2 aliphatic rings. The predicted octanol–water partition coefficient (Wildman–Crippen LogP) is 0.884. The molecule has 1 amide bonds. The maximum Gasteiger partial charge on any atom is 0.223 e. The number of hydrogen-bond donors (Lipinski definition) is 1. The van der Waals surface area contributed by atoms with Crippen LogP contribution in [-0.4, -0.2) is 72.9 Å². The zero-order valence-electron chi connectivity index (χ0n) is 13.0. The summed E-state index contributed by atoms with van der Waals surface area (Å²) >= 11 is 0. The highest BCUT2D eigenvalue weighted by Gasteiger charge is 2.24. The molecule has 2 rings (SSSR count). The minimum atomic E-state index is -0.434. The molecule has 0 aromatic carbocycles. The minimum Gasteiger partial charge on any atom is -0.389 e. The number of rotatable bonds is 7. The van der Waals surface area contributed by atoms with Crippen molar-refractivity contribution >= 4 is 5.91 Å². The third kappa shape index (κ3) is 5.41. The molecule has 5 nitrogen and oxygen atoms in total. The highest BCUT2D eigenvalue weighted by molar-refractivity contribution is 5.76. The van der Waals surface area contributed by atoms with Crippen molar-refractivity contribution in [1.82, 2.24) is 9.80 Å². The highest BCUT2D eigenvalue weighted by Crippen LogP contribution is 2.21. The minimum absolute atomic E-state index is 0.279. The summed E-state index contributed by atoms with van der Waals surface area (Å²) in [7, 11) is 0. The monoisotopic (exact) mass is 296 g/mol. The van der Waals surface area contributed by atoms with Crippen molar-refractivity contribution in [1.29, 1.82) is 0 Å². The molecule has 0 radical (unpaired) electrons. The number of hydrogen-bond acceptors (Lipinski definition) is 4. The van der Waals surface area contributed by atoms with Crippen molar-refractivity contribution in [3.63, 3.8) is 0 Å². The molecular weight excluding hydrogens is 268 g/mol. The predicted molar refractivity (Wildman–Crippen MR) is 82.0 cm³/mol. The van der Waals surface area contributed by atoms with Gasteiger partial charge in [-0.15, -0.1) is 0 Å². The molecular formula is C16H28N2O3. The number of ether oxygens (including phenoxy) is 1. The summed E-state index contributed by atoms with van der Waals surface area (Å²) in [5.74, 6) is 0.726. The van der Waals surface area contributed by atoms with Crippen molar-refractivity contribution in [2.75, 3.05) is 45.9 Å². The van der Waals surface area contributed by atoms with E-state index in [0.29, 0.717) is 32.1 Å². The Balaban J connectivity index is 1.65. The molecule has 1 saturated heterocycles. The van der Waals surface area contributed by atoms with Crippen LogP contribution in [0, 0.1) is 5.92 Å². The Morgan fingerprint density at radius 2 is 2.14 bits per heavy atom. The first-order valence-electron chi connectivity index (χ1n) is 8.11. The van der Waals surface area contributed by atoms with E-state index in [0.717, 1.165) is 39.0 Å². The number of carbonyl (C=O) groups is 1. The van der Waals surface area contributed by atoms with Gasteiger partial charge in [-0.3, -0.25) is 9.69 Å². The van der Waals surface area contributed by atoms with Gasteiger partial charge in [0.15, 0.2) is 0 Å². The van der Waals surface area contributed by atoms with Crippen LogP contribution >= 0.6 is 0 Å². The van der Waals surface area contributed by atoms with Crippen LogP contribution in [-0.2, 0) is 9.53 Å². The first-order valence-corrected chi connectivity index (χ1v) is 8.11. The number of carbonyl (C=O) groups excluding carboxylic acids is 1. The number of aliphatic hydroxyl groups is 1. The van der Waals surface area contributed by atoms with Crippen LogP contribution in [0.25, 0.3) is 0 Å². The molecule has 2 atom stereocenters. The fourth-order valence-electron chi connectivity index (χ4n) is 3.00. The Kier molecular flexibility index (Phi) is 6.67. The maximum atomic E-state index is 12.2. The molecule has 0 bridgehead atoms. The molecule has 0 aromatic heterocycles. The number of aliphatic hydroxyl groups excluding tert-OH is 1. The van der Waals surface area contributed by atoms with Crippen molar-refractivity contribution in [2.45, 2.75) is 32.3 Å². The van der Waals surface area contributed by atoms with Crippen LogP contribution in [0.5, 0.6) is 0 Å². The summed E-state index contributed by atoms with van der Waals surface area (Å²) in [6.07, 6.45) is 6.81. The van der Waals surface area contributed by atoms with Gasteiger partial charge in [0, 0.05) is 45.8 Å². The fraction of sp³-hybridized carbons (Fsp3) is 0.812. The summed E-state index contributed by atoms with van der Waals surface area (Å²) in [6, 6.07) is 0. The number of nitrogens with zero attached hydrogens (tertiary/aromatic N) is 2. The summed E-state index contributed by atoms with van der Waals surface area (Å²) in [5, 5.41) is 9.84. The Bertz CT molecular complexity index is 351. The van der Waals surface area contributed by atoms with Crippen LogP contribution in [0.3, 0.4) is 0 Å². The van der Waals surface area contributed by atoms with E-state index in [1.54, 1.807) is 0 Å². The Morgan fingerprint density at radius 3 is 2.76 bits per heavy atom. The second kappa shape index (κ2) is 8.51. The molecule has 21 heavy (non-hydrogen) atoms. The Hall–Kier alpha value is -0.910. The van der Waals surface area contributed by atoms with Gasteiger partial charge in [0.25, 0.3) is 0 Å². The summed E-state index contributed by atoms with van der Waals surface area (Å²) in [4.78, 5) is 16.4. The molecule has 2 unspecified atom stereocenters. The third-order valence-corrected chi connectivity index (χ3v) is 4.26. The van der Waals surface area contributed by atoms with E-state index in [1.807, 2.05) is 11.8 Å². The number of amides is 1. The molecule has 0 spiro atoms. The Morgan fingerprint density at radius 1 is 1.38 bits per heavy atom. The van der Waals surface area contributed by atoms with Gasteiger partial charge in [-0.2, -0.15) is 0 Å².